The molecule has 1 aromatic rings. The highest BCUT2D eigenvalue weighted by Crippen LogP contribution is 2.61. The molecule has 2 nitrogen and oxygen atoms in total. The molecule has 0 radical (unpaired) electrons. The maximum Gasteiger partial charge on any atom is 0.158 e. The van der Waals surface area contributed by atoms with Gasteiger partial charge in [0.2, 0.25) is 0 Å². The van der Waals surface area contributed by atoms with Crippen molar-refractivity contribution in [2.24, 2.45) is 5.41 Å². The van der Waals surface area contributed by atoms with Crippen molar-refractivity contribution in [1.29, 1.82) is 0 Å². The average Bonchev–Trinajstić information content (AvgIpc) is 3.28. The van der Waals surface area contributed by atoms with Crippen LogP contribution in [0.1, 0.15) is 63.5 Å². The van der Waals surface area contributed by atoms with Crippen LogP contribution < -0.4 is 0 Å². The van der Waals surface area contributed by atoms with Gasteiger partial charge in [-0.15, -0.1) is 0 Å². The fourth-order valence-electron chi connectivity index (χ4n) is 3.53. The SMILES string of the molecule is CCCC1(C(OC2CCCCO2)c2ccc(Cl)cc2Cl)CC1. The van der Waals surface area contributed by atoms with Crippen molar-refractivity contribution in [3.63, 3.8) is 0 Å². The molecule has 2 atom stereocenters. The lowest BCUT2D eigenvalue weighted by molar-refractivity contribution is -0.205. The molecule has 1 aliphatic heterocycles. The highest BCUT2D eigenvalue weighted by Gasteiger charge is 2.51. The minimum absolute atomic E-state index is 0.0142. The number of hydrogen-bond acceptors (Lipinski definition) is 2. The molecule has 0 N–H and O–H groups in total. The molecule has 0 aromatic heterocycles. The summed E-state index contributed by atoms with van der Waals surface area (Å²) in [6.07, 6.45) is 7.94. The van der Waals surface area contributed by atoms with Crippen molar-refractivity contribution < 1.29 is 9.47 Å². The summed E-state index contributed by atoms with van der Waals surface area (Å²) < 4.78 is 12.2. The molecule has 0 spiro atoms. The normalized spacial score (nSPS) is 25.0. The molecule has 2 aliphatic rings. The standard InChI is InChI=1S/C18H24Cl2O2/c1-2-8-18(9-10-18)17(22-16-5-3-4-11-21-16)14-7-6-13(19)12-15(14)20/h6-7,12,16-17H,2-5,8-11H2,1H3. The van der Waals surface area contributed by atoms with Gasteiger partial charge < -0.3 is 9.47 Å². The van der Waals surface area contributed by atoms with Crippen LogP contribution in [0.2, 0.25) is 10.0 Å². The zero-order valence-electron chi connectivity index (χ0n) is 13.1. The third-order valence-corrected chi connectivity index (χ3v) is 5.43. The van der Waals surface area contributed by atoms with E-state index in [1.165, 1.54) is 25.7 Å². The quantitative estimate of drug-likeness (QED) is 0.616. The lowest BCUT2D eigenvalue weighted by atomic mass is 9.88. The minimum atomic E-state index is -0.0974. The Morgan fingerprint density at radius 1 is 1.32 bits per heavy atom. The van der Waals surface area contributed by atoms with E-state index in [9.17, 15) is 0 Å². The zero-order chi connectivity index (χ0) is 15.6. The second-order valence-corrected chi connectivity index (χ2v) is 7.43. The average molecular weight is 343 g/mol. The summed E-state index contributed by atoms with van der Waals surface area (Å²) in [7, 11) is 0. The number of benzene rings is 1. The van der Waals surface area contributed by atoms with E-state index in [1.807, 2.05) is 18.2 Å². The summed E-state index contributed by atoms with van der Waals surface area (Å²) >= 11 is 12.5. The van der Waals surface area contributed by atoms with E-state index >= 15 is 0 Å². The molecule has 1 saturated carbocycles. The van der Waals surface area contributed by atoms with Gasteiger partial charge in [-0.3, -0.25) is 0 Å². The Bertz CT molecular complexity index is 508. The summed E-state index contributed by atoms with van der Waals surface area (Å²) in [6, 6.07) is 5.75. The Hall–Kier alpha value is -0.280. The first-order valence-electron chi connectivity index (χ1n) is 8.37. The van der Waals surface area contributed by atoms with Gasteiger partial charge >= 0.3 is 0 Å². The van der Waals surface area contributed by atoms with Gasteiger partial charge in [-0.2, -0.15) is 0 Å². The summed E-state index contributed by atoms with van der Waals surface area (Å²) in [4.78, 5) is 0. The van der Waals surface area contributed by atoms with Gasteiger partial charge in [-0.1, -0.05) is 42.6 Å². The van der Waals surface area contributed by atoms with Crippen molar-refractivity contribution >= 4 is 23.2 Å². The van der Waals surface area contributed by atoms with Gasteiger partial charge in [0.25, 0.3) is 0 Å². The third-order valence-electron chi connectivity index (χ3n) is 4.87. The molecule has 1 saturated heterocycles. The van der Waals surface area contributed by atoms with Crippen LogP contribution >= 0.6 is 23.2 Å². The minimum Gasteiger partial charge on any atom is -0.353 e. The van der Waals surface area contributed by atoms with Gasteiger partial charge in [0.05, 0.1) is 6.10 Å². The molecule has 2 unspecified atom stereocenters. The van der Waals surface area contributed by atoms with Gasteiger partial charge in [-0.25, -0.2) is 0 Å². The maximum absolute atomic E-state index is 6.47. The molecule has 22 heavy (non-hydrogen) atoms. The molecular weight excluding hydrogens is 319 g/mol. The van der Waals surface area contributed by atoms with E-state index in [-0.39, 0.29) is 17.8 Å². The molecular formula is C18H24Cl2O2. The Labute approximate surface area is 143 Å². The van der Waals surface area contributed by atoms with E-state index in [0.717, 1.165) is 31.4 Å². The monoisotopic (exact) mass is 342 g/mol. The summed E-state index contributed by atoms with van der Waals surface area (Å²) in [5.41, 5.74) is 1.29. The van der Waals surface area contributed by atoms with Crippen molar-refractivity contribution in [2.75, 3.05) is 6.61 Å². The number of rotatable bonds is 6. The van der Waals surface area contributed by atoms with Crippen LogP contribution in [0.15, 0.2) is 18.2 Å². The van der Waals surface area contributed by atoms with Crippen molar-refractivity contribution in [1.82, 2.24) is 0 Å². The molecule has 1 aromatic carbocycles. The van der Waals surface area contributed by atoms with Gasteiger partial charge in [0, 0.05) is 27.6 Å². The zero-order valence-corrected chi connectivity index (χ0v) is 14.6. The molecule has 122 valence electrons. The van der Waals surface area contributed by atoms with E-state index in [4.69, 9.17) is 32.7 Å². The summed E-state index contributed by atoms with van der Waals surface area (Å²) in [5.74, 6) is 0. The van der Waals surface area contributed by atoms with Crippen LogP contribution in [0.25, 0.3) is 0 Å². The lowest BCUT2D eigenvalue weighted by Crippen LogP contribution is -2.28. The van der Waals surface area contributed by atoms with Gasteiger partial charge in [-0.05, 0) is 50.7 Å². The molecule has 1 aliphatic carbocycles. The fraction of sp³-hybridized carbons (Fsp3) is 0.667. The van der Waals surface area contributed by atoms with E-state index in [0.29, 0.717) is 10.0 Å². The summed E-state index contributed by atoms with van der Waals surface area (Å²) in [5, 5.41) is 1.37. The van der Waals surface area contributed by atoms with Crippen LogP contribution in [0.3, 0.4) is 0 Å². The molecule has 1 heterocycles. The largest absolute Gasteiger partial charge is 0.353 e. The van der Waals surface area contributed by atoms with Gasteiger partial charge in [0.15, 0.2) is 6.29 Å². The van der Waals surface area contributed by atoms with E-state index in [2.05, 4.69) is 6.92 Å². The van der Waals surface area contributed by atoms with Crippen LogP contribution in [0.5, 0.6) is 0 Å². The van der Waals surface area contributed by atoms with Crippen LogP contribution in [0, 0.1) is 5.41 Å². The Kier molecular flexibility index (Phi) is 5.34. The first-order chi connectivity index (χ1) is 10.6. The van der Waals surface area contributed by atoms with Crippen molar-refractivity contribution in [2.45, 2.75) is 64.3 Å². The summed E-state index contributed by atoms with van der Waals surface area (Å²) in [6.45, 7) is 3.03. The topological polar surface area (TPSA) is 18.5 Å². The molecule has 3 rings (SSSR count). The molecule has 0 bridgehead atoms. The Balaban J connectivity index is 1.85. The first-order valence-corrected chi connectivity index (χ1v) is 9.12. The fourth-order valence-corrected chi connectivity index (χ4v) is 4.04. The number of ether oxygens (including phenoxy) is 2. The van der Waals surface area contributed by atoms with E-state index < -0.39 is 0 Å². The highest BCUT2D eigenvalue weighted by atomic mass is 35.5. The predicted octanol–water partition coefficient (Wildman–Crippen LogP) is 6.16. The first kappa shape index (κ1) is 16.6. The van der Waals surface area contributed by atoms with Crippen LogP contribution in [-0.4, -0.2) is 12.9 Å². The van der Waals surface area contributed by atoms with Crippen molar-refractivity contribution in [3.05, 3.63) is 33.8 Å². The molecule has 4 heteroatoms. The lowest BCUT2D eigenvalue weighted by Gasteiger charge is -2.33. The molecule has 2 fully saturated rings. The Morgan fingerprint density at radius 3 is 2.73 bits per heavy atom. The van der Waals surface area contributed by atoms with E-state index in [1.54, 1.807) is 0 Å². The van der Waals surface area contributed by atoms with Crippen LogP contribution in [0.4, 0.5) is 0 Å². The maximum atomic E-state index is 6.47. The molecule has 0 amide bonds. The second-order valence-electron chi connectivity index (χ2n) is 6.59. The number of halogens is 2. The smallest absolute Gasteiger partial charge is 0.158 e. The predicted molar refractivity (Wildman–Crippen MR) is 90.5 cm³/mol. The number of hydrogen-bond donors (Lipinski definition) is 0. The highest BCUT2D eigenvalue weighted by molar-refractivity contribution is 6.35. The Morgan fingerprint density at radius 2 is 2.14 bits per heavy atom. The van der Waals surface area contributed by atoms with Gasteiger partial charge in [0.1, 0.15) is 0 Å². The third kappa shape index (κ3) is 3.62. The van der Waals surface area contributed by atoms with Crippen LogP contribution in [-0.2, 0) is 9.47 Å². The van der Waals surface area contributed by atoms with Crippen molar-refractivity contribution in [3.8, 4) is 0 Å². The second kappa shape index (κ2) is 7.09.